The summed E-state index contributed by atoms with van der Waals surface area (Å²) in [5.74, 6) is 0.292. The molecule has 10 heteroatoms. The van der Waals surface area contributed by atoms with Crippen LogP contribution in [0, 0.1) is 27.7 Å². The van der Waals surface area contributed by atoms with Gasteiger partial charge in [0.25, 0.3) is 0 Å². The van der Waals surface area contributed by atoms with Gasteiger partial charge in [-0.3, -0.25) is 0 Å². The number of aryl methyl sites for hydroxylation is 2. The molecule has 2 N–H and O–H groups in total. The van der Waals surface area contributed by atoms with Crippen molar-refractivity contribution in [1.29, 1.82) is 0 Å². The molecule has 8 nitrogen and oxygen atoms in total. The fraction of sp³-hybridized carbons (Fsp3) is 0.550. The maximum absolute atomic E-state index is 14.7. The summed E-state index contributed by atoms with van der Waals surface area (Å²) in [7, 11) is -8.67. The van der Waals surface area contributed by atoms with Gasteiger partial charge in [0, 0.05) is 26.2 Å². The van der Waals surface area contributed by atoms with Crippen molar-refractivity contribution in [2.24, 2.45) is 0 Å². The normalized spacial score (nSPS) is 13.1. The molecule has 278 valence electrons. The van der Waals surface area contributed by atoms with Gasteiger partial charge in [0.1, 0.15) is 21.3 Å². The third-order valence-corrected chi connectivity index (χ3v) is 13.6. The van der Waals surface area contributed by atoms with E-state index in [0.29, 0.717) is 35.1 Å². The van der Waals surface area contributed by atoms with Crippen LogP contribution in [0.3, 0.4) is 0 Å². The van der Waals surface area contributed by atoms with E-state index >= 15 is 0 Å². The van der Waals surface area contributed by atoms with E-state index in [1.165, 1.54) is 20.7 Å². The van der Waals surface area contributed by atoms with E-state index in [0.717, 1.165) is 35.1 Å². The zero-order valence-corrected chi connectivity index (χ0v) is 34.0. The smallest absolute Gasteiger partial charge is 0.244 e. The largest absolute Gasteiger partial charge is 0.507 e. The van der Waals surface area contributed by atoms with Crippen LogP contribution in [0.1, 0.15) is 126 Å². The van der Waals surface area contributed by atoms with Gasteiger partial charge in [0.15, 0.2) is 0 Å². The van der Waals surface area contributed by atoms with Crippen LogP contribution < -0.4 is 0 Å². The number of aromatic hydroxyl groups is 2. The quantitative estimate of drug-likeness (QED) is 0.171. The number of unbranched alkanes of at least 4 members (excludes halogenated alkanes) is 2. The van der Waals surface area contributed by atoms with Gasteiger partial charge >= 0.3 is 0 Å². The molecule has 50 heavy (non-hydrogen) atoms. The Balaban J connectivity index is 2.18. The highest BCUT2D eigenvalue weighted by Gasteiger charge is 2.36. The molecular formula is C40H60N2O6S2. The minimum absolute atomic E-state index is 0.0102. The van der Waals surface area contributed by atoms with Crippen molar-refractivity contribution in [2.45, 2.75) is 142 Å². The monoisotopic (exact) mass is 728 g/mol. The van der Waals surface area contributed by atoms with Gasteiger partial charge in [-0.05, 0) is 108 Å². The maximum Gasteiger partial charge on any atom is 0.244 e. The van der Waals surface area contributed by atoms with Crippen molar-refractivity contribution in [2.75, 3.05) is 13.1 Å². The number of phenolic OH excluding ortho intramolecular Hbond substituents is 2. The highest BCUT2D eigenvalue weighted by atomic mass is 32.2. The van der Waals surface area contributed by atoms with E-state index < -0.39 is 20.0 Å². The van der Waals surface area contributed by atoms with Crippen LogP contribution in [-0.2, 0) is 44.0 Å². The predicted molar refractivity (Wildman–Crippen MR) is 204 cm³/mol. The van der Waals surface area contributed by atoms with Crippen LogP contribution in [0.5, 0.6) is 11.5 Å². The van der Waals surface area contributed by atoms with Crippen LogP contribution >= 0.6 is 0 Å². The van der Waals surface area contributed by atoms with E-state index in [-0.39, 0.29) is 58.3 Å². The molecule has 3 aromatic carbocycles. The summed E-state index contributed by atoms with van der Waals surface area (Å²) in [5.41, 5.74) is 5.30. The first-order valence-electron chi connectivity index (χ1n) is 17.8. The SMILES string of the molecule is CCCCN(Cc1c(C)cc(C(C)(C)C)c(O)c1C)S(=O)(=O)c1ccccc1S(=O)(=O)N(CCCC)Cc1c(C)cc(C(C)(C)C)c(O)c1C. The first kappa shape index (κ1) is 41.5. The number of sulfonamides is 2. The van der Waals surface area contributed by atoms with Crippen molar-refractivity contribution in [3.8, 4) is 11.5 Å². The zero-order valence-electron chi connectivity index (χ0n) is 32.4. The highest BCUT2D eigenvalue weighted by Crippen LogP contribution is 2.39. The Labute approximate surface area is 302 Å². The molecule has 0 unspecified atom stereocenters. The van der Waals surface area contributed by atoms with E-state index in [9.17, 15) is 27.0 Å². The number of hydrogen-bond donors (Lipinski definition) is 2. The second-order valence-corrected chi connectivity index (χ2v) is 19.5. The van der Waals surface area contributed by atoms with Crippen molar-refractivity contribution >= 4 is 20.0 Å². The Bertz CT molecular complexity index is 1760. The van der Waals surface area contributed by atoms with Gasteiger partial charge in [-0.15, -0.1) is 0 Å². The van der Waals surface area contributed by atoms with Gasteiger partial charge < -0.3 is 10.2 Å². The fourth-order valence-electron chi connectivity index (χ4n) is 6.40. The first-order valence-corrected chi connectivity index (χ1v) is 20.6. The summed E-state index contributed by atoms with van der Waals surface area (Å²) in [4.78, 5) is -0.550. The highest BCUT2D eigenvalue weighted by molar-refractivity contribution is 7.92. The number of phenols is 2. The summed E-state index contributed by atoms with van der Waals surface area (Å²) in [6.45, 7) is 23.9. The zero-order chi connectivity index (χ0) is 38.0. The minimum Gasteiger partial charge on any atom is -0.507 e. The van der Waals surface area contributed by atoms with Crippen LogP contribution in [0.15, 0.2) is 46.2 Å². The molecule has 0 fully saturated rings. The molecule has 0 aliphatic carbocycles. The second-order valence-electron chi connectivity index (χ2n) is 15.7. The third-order valence-electron chi connectivity index (χ3n) is 9.69. The van der Waals surface area contributed by atoms with Gasteiger partial charge in [0.2, 0.25) is 20.0 Å². The molecule has 0 saturated heterocycles. The first-order chi connectivity index (χ1) is 23.0. The van der Waals surface area contributed by atoms with Crippen LogP contribution in [0.4, 0.5) is 0 Å². The van der Waals surface area contributed by atoms with Gasteiger partial charge in [0.05, 0.1) is 0 Å². The number of rotatable bonds is 14. The van der Waals surface area contributed by atoms with Crippen LogP contribution in [-0.4, -0.2) is 48.7 Å². The molecule has 0 bridgehead atoms. The number of nitrogens with zero attached hydrogens (tertiary/aromatic N) is 2. The summed E-state index contributed by atoms with van der Waals surface area (Å²) in [5, 5.41) is 22.4. The minimum atomic E-state index is -4.34. The van der Waals surface area contributed by atoms with Gasteiger partial charge in [-0.25, -0.2) is 16.8 Å². The third kappa shape index (κ3) is 8.75. The van der Waals surface area contributed by atoms with Gasteiger partial charge in [-0.2, -0.15) is 8.61 Å². The second kappa shape index (κ2) is 15.8. The van der Waals surface area contributed by atoms with E-state index in [1.807, 2.05) is 81.4 Å². The van der Waals surface area contributed by atoms with Crippen molar-refractivity contribution < 1.29 is 27.0 Å². The van der Waals surface area contributed by atoms with Crippen LogP contribution in [0.2, 0.25) is 0 Å². The lowest BCUT2D eigenvalue weighted by Gasteiger charge is -2.29. The van der Waals surface area contributed by atoms with E-state index in [1.54, 1.807) is 26.0 Å². The predicted octanol–water partition coefficient (Wildman–Crippen LogP) is 8.91. The molecule has 0 aliphatic rings. The summed E-state index contributed by atoms with van der Waals surface area (Å²) < 4.78 is 61.4. The molecule has 0 radical (unpaired) electrons. The fourth-order valence-corrected chi connectivity index (χ4v) is 10.1. The lowest BCUT2D eigenvalue weighted by Crippen LogP contribution is -2.36. The number of benzene rings is 3. The molecular weight excluding hydrogens is 669 g/mol. The topological polar surface area (TPSA) is 115 Å². The van der Waals surface area contributed by atoms with Crippen molar-refractivity contribution in [3.63, 3.8) is 0 Å². The average Bonchev–Trinajstić information content (AvgIpc) is 3.02. The average molecular weight is 729 g/mol. The van der Waals surface area contributed by atoms with Crippen molar-refractivity contribution in [3.05, 3.63) is 80.9 Å². The molecule has 0 heterocycles. The summed E-state index contributed by atoms with van der Waals surface area (Å²) in [6.07, 6.45) is 2.63. The van der Waals surface area contributed by atoms with E-state index in [4.69, 9.17) is 0 Å². The molecule has 0 atom stereocenters. The molecule has 0 aliphatic heterocycles. The molecule has 0 spiro atoms. The Kier molecular flexibility index (Phi) is 13.1. The molecule has 3 rings (SSSR count). The molecule has 0 aromatic heterocycles. The Morgan fingerprint density at radius 1 is 0.600 bits per heavy atom. The lowest BCUT2D eigenvalue weighted by atomic mass is 9.82. The Morgan fingerprint density at radius 2 is 0.920 bits per heavy atom. The van der Waals surface area contributed by atoms with Crippen molar-refractivity contribution in [1.82, 2.24) is 8.61 Å². The lowest BCUT2D eigenvalue weighted by molar-refractivity contribution is 0.386. The molecule has 3 aromatic rings. The standard InChI is InChI=1S/C40H60N2O6S2/c1-13-15-21-41(25-31-27(3)23-33(39(7,8)9)37(43)29(31)5)49(45,46)35-19-17-18-20-36(35)50(47,48)42(22-16-14-2)26-32-28(4)24-34(40(10,11)12)38(44)30(32)6/h17-20,23-24,43-44H,13-16,21-22,25-26H2,1-12H3. The van der Waals surface area contributed by atoms with Gasteiger partial charge in [-0.1, -0.05) is 92.5 Å². The number of hydrogen-bond acceptors (Lipinski definition) is 6. The maximum atomic E-state index is 14.7. The van der Waals surface area contributed by atoms with Crippen LogP contribution in [0.25, 0.3) is 0 Å². The Hall–Kier alpha value is -2.92. The Morgan fingerprint density at radius 3 is 1.20 bits per heavy atom. The molecule has 0 amide bonds. The summed E-state index contributed by atoms with van der Waals surface area (Å²) in [6, 6.07) is 9.69. The summed E-state index contributed by atoms with van der Waals surface area (Å²) >= 11 is 0. The molecule has 0 saturated carbocycles. The van der Waals surface area contributed by atoms with E-state index in [2.05, 4.69) is 0 Å².